The average molecular weight is 663 g/mol. The van der Waals surface area contributed by atoms with Gasteiger partial charge in [0, 0.05) is 0 Å². The highest BCUT2D eigenvalue weighted by Crippen LogP contribution is 2.25. The van der Waals surface area contributed by atoms with Crippen molar-refractivity contribution in [3.8, 4) is 28.0 Å². The van der Waals surface area contributed by atoms with Crippen LogP contribution in [0.1, 0.15) is 123 Å². The highest BCUT2D eigenvalue weighted by molar-refractivity contribution is 5.92. The fourth-order valence-electron chi connectivity index (χ4n) is 5.61. The normalized spacial score (nSPS) is 12.2. The van der Waals surface area contributed by atoms with Crippen molar-refractivity contribution in [1.82, 2.24) is 0 Å². The minimum atomic E-state index is -0.455. The van der Waals surface area contributed by atoms with Gasteiger partial charge < -0.3 is 14.2 Å². The first-order valence-electron chi connectivity index (χ1n) is 17.8. The molecule has 0 fully saturated rings. The summed E-state index contributed by atoms with van der Waals surface area (Å²) in [4.78, 5) is 38.0. The van der Waals surface area contributed by atoms with Crippen LogP contribution in [0.5, 0.6) is 5.75 Å². The van der Waals surface area contributed by atoms with Gasteiger partial charge in [-0.05, 0) is 110 Å². The van der Waals surface area contributed by atoms with E-state index in [0.29, 0.717) is 22.4 Å². The molecule has 0 aliphatic rings. The lowest BCUT2D eigenvalue weighted by Gasteiger charge is -2.13. The molecule has 0 aromatic heterocycles. The number of ether oxygens (including phenoxy) is 3. The average Bonchev–Trinajstić information content (AvgIpc) is 3.12. The van der Waals surface area contributed by atoms with Crippen molar-refractivity contribution in [1.29, 1.82) is 0 Å². The largest absolute Gasteiger partial charge is 0.459 e. The second-order valence-corrected chi connectivity index (χ2v) is 12.8. The lowest BCUT2D eigenvalue weighted by molar-refractivity contribution is 0.0309. The first kappa shape index (κ1) is 37.1. The summed E-state index contributed by atoms with van der Waals surface area (Å²) < 4.78 is 16.9. The predicted octanol–water partition coefficient (Wildman–Crippen LogP) is 11.3. The van der Waals surface area contributed by atoms with Crippen LogP contribution in [0, 0.1) is 0 Å². The molecule has 0 N–H and O–H groups in total. The Morgan fingerprint density at radius 2 is 0.776 bits per heavy atom. The maximum absolute atomic E-state index is 12.9. The maximum atomic E-state index is 12.9. The van der Waals surface area contributed by atoms with Crippen LogP contribution in [0.15, 0.2) is 97.1 Å². The van der Waals surface area contributed by atoms with Crippen molar-refractivity contribution in [2.24, 2.45) is 0 Å². The first-order valence-corrected chi connectivity index (χ1v) is 17.8. The molecule has 0 radical (unpaired) electrons. The van der Waals surface area contributed by atoms with Crippen LogP contribution in [0.3, 0.4) is 0 Å². The molecule has 4 aromatic carbocycles. The number of carbonyl (C=O) groups is 3. The van der Waals surface area contributed by atoms with Gasteiger partial charge in [0.1, 0.15) is 5.75 Å². The zero-order valence-corrected chi connectivity index (χ0v) is 29.4. The van der Waals surface area contributed by atoms with Crippen molar-refractivity contribution < 1.29 is 28.6 Å². The molecule has 6 heteroatoms. The number of rotatable bonds is 18. The number of unbranched alkanes of at least 4 members (excludes halogenated alkanes) is 6. The number of benzene rings is 4. The van der Waals surface area contributed by atoms with Gasteiger partial charge in [-0.15, -0.1) is 0 Å². The minimum absolute atomic E-state index is 0.105. The van der Waals surface area contributed by atoms with Crippen molar-refractivity contribution in [3.05, 3.63) is 114 Å². The lowest BCUT2D eigenvalue weighted by atomic mass is 10.0. The van der Waals surface area contributed by atoms with E-state index in [0.717, 1.165) is 60.8 Å². The molecule has 0 aliphatic heterocycles. The Bertz CT molecular complexity index is 1610. The Balaban J connectivity index is 1.26. The Hall–Kier alpha value is -4.71. The Morgan fingerprint density at radius 1 is 0.449 bits per heavy atom. The summed E-state index contributed by atoms with van der Waals surface area (Å²) >= 11 is 0. The molecule has 258 valence electrons. The zero-order chi connectivity index (χ0) is 35.0. The number of esters is 3. The van der Waals surface area contributed by atoms with E-state index < -0.39 is 5.97 Å². The van der Waals surface area contributed by atoms with Gasteiger partial charge in [0.25, 0.3) is 0 Å². The van der Waals surface area contributed by atoms with Crippen LogP contribution in [-0.2, 0) is 9.47 Å². The van der Waals surface area contributed by atoms with E-state index in [1.807, 2.05) is 62.4 Å². The summed E-state index contributed by atoms with van der Waals surface area (Å²) in [6.07, 6.45) is 10.8. The van der Waals surface area contributed by atoms with Gasteiger partial charge in [-0.1, -0.05) is 101 Å². The van der Waals surface area contributed by atoms with Crippen LogP contribution in [0.25, 0.3) is 22.3 Å². The van der Waals surface area contributed by atoms with Crippen molar-refractivity contribution >= 4 is 17.9 Å². The molecule has 4 rings (SSSR count). The number of hydrogen-bond acceptors (Lipinski definition) is 6. The molecule has 0 saturated heterocycles. The van der Waals surface area contributed by atoms with E-state index in [1.54, 1.807) is 48.5 Å². The smallest absolute Gasteiger partial charge is 0.343 e. The van der Waals surface area contributed by atoms with Gasteiger partial charge in [-0.3, -0.25) is 0 Å². The topological polar surface area (TPSA) is 78.9 Å². The van der Waals surface area contributed by atoms with E-state index in [2.05, 4.69) is 13.8 Å². The van der Waals surface area contributed by atoms with E-state index in [4.69, 9.17) is 14.2 Å². The first-order chi connectivity index (χ1) is 23.8. The maximum Gasteiger partial charge on any atom is 0.343 e. The summed E-state index contributed by atoms with van der Waals surface area (Å²) in [5.74, 6) is -0.639. The van der Waals surface area contributed by atoms with E-state index in [1.165, 1.54) is 25.7 Å². The van der Waals surface area contributed by atoms with Crippen LogP contribution in [0.2, 0.25) is 0 Å². The second kappa shape index (κ2) is 19.3. The highest BCUT2D eigenvalue weighted by Gasteiger charge is 2.15. The molecule has 2 atom stereocenters. The third kappa shape index (κ3) is 11.7. The quantitative estimate of drug-likeness (QED) is 0.0599. The Kier molecular flexibility index (Phi) is 14.6. The van der Waals surface area contributed by atoms with E-state index in [-0.39, 0.29) is 24.1 Å². The summed E-state index contributed by atoms with van der Waals surface area (Å²) in [6.45, 7) is 8.25. The molecule has 4 aromatic rings. The third-order valence-electron chi connectivity index (χ3n) is 8.64. The van der Waals surface area contributed by atoms with Gasteiger partial charge in [0.05, 0.1) is 28.9 Å². The highest BCUT2D eigenvalue weighted by atomic mass is 16.5. The SMILES string of the molecule is CCCCCC[C@@H](C)OC(=O)c1ccc(-c2ccc(OC(=O)c3ccc(-c4ccc(C(=O)O[C@@H](C)CCCCCC)cc4)cc3)cc2)cc1. The van der Waals surface area contributed by atoms with Crippen molar-refractivity contribution in [3.63, 3.8) is 0 Å². The Labute approximate surface area is 291 Å². The molecule has 0 aliphatic carbocycles. The van der Waals surface area contributed by atoms with Crippen LogP contribution in [0.4, 0.5) is 0 Å². The van der Waals surface area contributed by atoms with Crippen LogP contribution in [-0.4, -0.2) is 30.1 Å². The molecule has 0 spiro atoms. The van der Waals surface area contributed by atoms with Gasteiger partial charge in [0.2, 0.25) is 0 Å². The third-order valence-corrected chi connectivity index (χ3v) is 8.64. The molecule has 6 nitrogen and oxygen atoms in total. The van der Waals surface area contributed by atoms with Gasteiger partial charge in [-0.25, -0.2) is 14.4 Å². The molecule has 0 saturated carbocycles. The van der Waals surface area contributed by atoms with E-state index in [9.17, 15) is 14.4 Å². The molecule has 0 bridgehead atoms. The molecular formula is C43H50O6. The molecule has 49 heavy (non-hydrogen) atoms. The molecule has 0 amide bonds. The molecular weight excluding hydrogens is 612 g/mol. The Morgan fingerprint density at radius 3 is 1.12 bits per heavy atom. The number of carbonyl (C=O) groups excluding carboxylic acids is 3. The van der Waals surface area contributed by atoms with Crippen molar-refractivity contribution in [2.45, 2.75) is 104 Å². The zero-order valence-electron chi connectivity index (χ0n) is 29.4. The van der Waals surface area contributed by atoms with Crippen molar-refractivity contribution in [2.75, 3.05) is 0 Å². The van der Waals surface area contributed by atoms with Gasteiger partial charge in [-0.2, -0.15) is 0 Å². The summed E-state index contributed by atoms with van der Waals surface area (Å²) in [5, 5.41) is 0. The van der Waals surface area contributed by atoms with Crippen LogP contribution >= 0.6 is 0 Å². The predicted molar refractivity (Wildman–Crippen MR) is 196 cm³/mol. The number of hydrogen-bond donors (Lipinski definition) is 0. The van der Waals surface area contributed by atoms with E-state index >= 15 is 0 Å². The standard InChI is InChI=1S/C43H50O6/c1-5-7-9-11-13-31(3)47-41(44)37-21-15-33(16-22-37)34-19-25-39(26-20-34)43(46)49-40-29-27-36(28-30-40)35-17-23-38(24-18-35)42(45)48-32(4)14-12-10-8-6-2/h15-32H,5-14H2,1-4H3/t31-,32+/m0/s1. The van der Waals surface area contributed by atoms with Crippen LogP contribution < -0.4 is 4.74 Å². The summed E-state index contributed by atoms with van der Waals surface area (Å²) in [7, 11) is 0. The minimum Gasteiger partial charge on any atom is -0.459 e. The summed E-state index contributed by atoms with van der Waals surface area (Å²) in [5.41, 5.74) is 5.19. The molecule has 0 heterocycles. The lowest BCUT2D eigenvalue weighted by Crippen LogP contribution is -2.15. The van der Waals surface area contributed by atoms with Gasteiger partial charge >= 0.3 is 17.9 Å². The summed E-state index contributed by atoms with van der Waals surface area (Å²) in [6, 6.07) is 29.1. The fraction of sp³-hybridized carbons (Fsp3) is 0.372. The van der Waals surface area contributed by atoms with Gasteiger partial charge in [0.15, 0.2) is 0 Å². The second-order valence-electron chi connectivity index (χ2n) is 12.8. The molecule has 0 unspecified atom stereocenters. The fourth-order valence-corrected chi connectivity index (χ4v) is 5.61. The monoisotopic (exact) mass is 662 g/mol.